The van der Waals surface area contributed by atoms with Gasteiger partial charge in [0.1, 0.15) is 17.1 Å². The number of Topliss-reactive ketones (excluding diaryl/α,β-unsaturated/α-hetero) is 1. The minimum atomic E-state index is -0.359. The van der Waals surface area contributed by atoms with Gasteiger partial charge < -0.3 is 10.1 Å². The van der Waals surface area contributed by atoms with Crippen molar-refractivity contribution in [2.45, 2.75) is 13.3 Å². The minimum absolute atomic E-state index is 0.114. The number of piperidine rings is 1. The average molecular weight is 231 g/mol. The van der Waals surface area contributed by atoms with Gasteiger partial charge in [0, 0.05) is 13.0 Å². The molecule has 0 unspecified atom stereocenters. The fraction of sp³-hybridized carbons (Fsp3) is 0.231. The summed E-state index contributed by atoms with van der Waals surface area (Å²) in [6, 6.07) is 0. The third-order valence-corrected chi connectivity index (χ3v) is 2.46. The predicted molar refractivity (Wildman–Crippen MR) is 62.8 cm³/mol. The standard InChI is InChI=1S/C13H13NO3/c1-2-4-9-5-3-6-11(17-9)12-10(15)7-8-14-13(12)16/h2-6H,7-8H2,1H3,(H,14,16)/b4-2+,12-11+. The number of hydrogen-bond donors (Lipinski definition) is 1. The Balaban J connectivity index is 2.33. The van der Waals surface area contributed by atoms with Gasteiger partial charge >= 0.3 is 0 Å². The SMILES string of the molecule is C/C=C/C1=CC=C/C(=C2/C(=O)CCNC2=O)O1. The van der Waals surface area contributed by atoms with E-state index < -0.39 is 0 Å². The number of nitrogens with one attached hydrogen (secondary N) is 1. The van der Waals surface area contributed by atoms with Crippen LogP contribution in [-0.2, 0) is 14.3 Å². The molecule has 1 amide bonds. The second-order valence-corrected chi connectivity index (χ2v) is 3.70. The average Bonchev–Trinajstić information content (AvgIpc) is 2.30. The lowest BCUT2D eigenvalue weighted by molar-refractivity contribution is -0.125. The van der Waals surface area contributed by atoms with Crippen LogP contribution in [0.15, 0.2) is 47.5 Å². The highest BCUT2D eigenvalue weighted by molar-refractivity contribution is 6.21. The van der Waals surface area contributed by atoms with Crippen LogP contribution in [0.1, 0.15) is 13.3 Å². The lowest BCUT2D eigenvalue weighted by atomic mass is 10.0. The molecule has 2 aliphatic heterocycles. The maximum atomic E-state index is 11.7. The minimum Gasteiger partial charge on any atom is -0.456 e. The fourth-order valence-electron chi connectivity index (χ4n) is 1.69. The smallest absolute Gasteiger partial charge is 0.258 e. The van der Waals surface area contributed by atoms with E-state index in [1.54, 1.807) is 24.3 Å². The van der Waals surface area contributed by atoms with E-state index in [1.807, 2.05) is 13.0 Å². The van der Waals surface area contributed by atoms with Crippen molar-refractivity contribution in [3.05, 3.63) is 47.5 Å². The third kappa shape index (κ3) is 2.36. The van der Waals surface area contributed by atoms with Crippen LogP contribution in [0.5, 0.6) is 0 Å². The molecule has 1 saturated heterocycles. The normalized spacial score (nSPS) is 24.6. The first-order chi connectivity index (χ1) is 8.22. The van der Waals surface area contributed by atoms with E-state index in [9.17, 15) is 9.59 Å². The van der Waals surface area contributed by atoms with E-state index in [-0.39, 0.29) is 17.3 Å². The molecule has 0 aromatic heterocycles. The summed E-state index contributed by atoms with van der Waals surface area (Å²) in [5.74, 6) is 0.407. The monoisotopic (exact) mass is 231 g/mol. The summed E-state index contributed by atoms with van der Waals surface area (Å²) in [4.78, 5) is 23.3. The Morgan fingerprint density at radius 2 is 2.24 bits per heavy atom. The summed E-state index contributed by atoms with van der Waals surface area (Å²) in [5.41, 5.74) is 0.114. The molecule has 4 nitrogen and oxygen atoms in total. The van der Waals surface area contributed by atoms with Gasteiger partial charge in [-0.2, -0.15) is 0 Å². The Morgan fingerprint density at radius 3 is 2.94 bits per heavy atom. The quantitative estimate of drug-likeness (QED) is 0.548. The zero-order chi connectivity index (χ0) is 12.3. The number of carbonyl (C=O) groups is 2. The molecule has 2 heterocycles. The highest BCUT2D eigenvalue weighted by Gasteiger charge is 2.27. The summed E-state index contributed by atoms with van der Waals surface area (Å²) in [6.45, 7) is 2.27. The first-order valence-electron chi connectivity index (χ1n) is 5.47. The molecule has 88 valence electrons. The van der Waals surface area contributed by atoms with Crippen LogP contribution < -0.4 is 5.32 Å². The van der Waals surface area contributed by atoms with Gasteiger partial charge in [0.15, 0.2) is 5.78 Å². The van der Waals surface area contributed by atoms with Crippen molar-refractivity contribution >= 4 is 11.7 Å². The Labute approximate surface area is 99.3 Å². The molecular formula is C13H13NO3. The molecule has 0 radical (unpaired) electrons. The van der Waals surface area contributed by atoms with Gasteiger partial charge in [0.05, 0.1) is 0 Å². The molecule has 0 saturated carbocycles. The summed E-state index contributed by atoms with van der Waals surface area (Å²) in [7, 11) is 0. The van der Waals surface area contributed by atoms with Crippen molar-refractivity contribution in [1.29, 1.82) is 0 Å². The molecule has 0 spiro atoms. The van der Waals surface area contributed by atoms with Crippen LogP contribution in [0.4, 0.5) is 0 Å². The van der Waals surface area contributed by atoms with E-state index in [4.69, 9.17) is 4.74 Å². The lowest BCUT2D eigenvalue weighted by Gasteiger charge is -2.18. The Bertz CT molecular complexity index is 463. The van der Waals surface area contributed by atoms with E-state index in [2.05, 4.69) is 5.32 Å². The Kier molecular flexibility index (Phi) is 3.23. The maximum Gasteiger partial charge on any atom is 0.258 e. The van der Waals surface area contributed by atoms with Crippen LogP contribution in [0.2, 0.25) is 0 Å². The maximum absolute atomic E-state index is 11.7. The van der Waals surface area contributed by atoms with Gasteiger partial charge in [-0.15, -0.1) is 0 Å². The van der Waals surface area contributed by atoms with Crippen molar-refractivity contribution in [1.82, 2.24) is 5.32 Å². The molecule has 17 heavy (non-hydrogen) atoms. The van der Waals surface area contributed by atoms with Gasteiger partial charge in [-0.05, 0) is 25.2 Å². The van der Waals surface area contributed by atoms with Gasteiger partial charge in [-0.25, -0.2) is 0 Å². The molecule has 0 aliphatic carbocycles. The molecule has 0 atom stereocenters. The van der Waals surface area contributed by atoms with Gasteiger partial charge in [-0.3, -0.25) is 9.59 Å². The van der Waals surface area contributed by atoms with Gasteiger partial charge in [0.2, 0.25) is 0 Å². The topological polar surface area (TPSA) is 55.4 Å². The Hall–Kier alpha value is -2.10. The summed E-state index contributed by atoms with van der Waals surface area (Å²) in [5, 5.41) is 2.64. The van der Waals surface area contributed by atoms with Gasteiger partial charge in [-0.1, -0.05) is 12.2 Å². The second kappa shape index (κ2) is 4.82. The predicted octanol–water partition coefficient (Wildman–Crippen LogP) is 1.38. The molecule has 2 aliphatic rings. The number of hydrogen-bond acceptors (Lipinski definition) is 3. The molecule has 0 bridgehead atoms. The first kappa shape index (κ1) is 11.4. The molecular weight excluding hydrogens is 218 g/mol. The highest BCUT2D eigenvalue weighted by atomic mass is 16.5. The lowest BCUT2D eigenvalue weighted by Crippen LogP contribution is -2.37. The molecule has 4 heteroatoms. The Morgan fingerprint density at radius 1 is 1.41 bits per heavy atom. The van der Waals surface area contributed by atoms with E-state index in [1.165, 1.54) is 0 Å². The summed E-state index contributed by atoms with van der Waals surface area (Å²) < 4.78 is 5.49. The zero-order valence-electron chi connectivity index (χ0n) is 9.53. The van der Waals surface area contributed by atoms with E-state index >= 15 is 0 Å². The fourth-order valence-corrected chi connectivity index (χ4v) is 1.69. The van der Waals surface area contributed by atoms with Crippen molar-refractivity contribution in [2.24, 2.45) is 0 Å². The number of ketones is 1. The highest BCUT2D eigenvalue weighted by Crippen LogP contribution is 2.21. The second-order valence-electron chi connectivity index (χ2n) is 3.70. The van der Waals surface area contributed by atoms with E-state index in [0.29, 0.717) is 24.5 Å². The van der Waals surface area contributed by atoms with Crippen LogP contribution in [-0.4, -0.2) is 18.2 Å². The van der Waals surface area contributed by atoms with Crippen molar-refractivity contribution in [2.75, 3.05) is 6.54 Å². The number of allylic oxidation sites excluding steroid dienone is 5. The molecule has 2 rings (SSSR count). The molecule has 0 aromatic rings. The molecule has 1 fully saturated rings. The van der Waals surface area contributed by atoms with Gasteiger partial charge in [0.25, 0.3) is 5.91 Å². The number of amides is 1. The first-order valence-corrected chi connectivity index (χ1v) is 5.47. The number of ether oxygens (including phenoxy) is 1. The largest absolute Gasteiger partial charge is 0.456 e. The molecule has 0 aromatic carbocycles. The molecule has 1 N–H and O–H groups in total. The van der Waals surface area contributed by atoms with Crippen LogP contribution in [0, 0.1) is 0 Å². The number of carbonyl (C=O) groups excluding carboxylic acids is 2. The van der Waals surface area contributed by atoms with Crippen LogP contribution in [0.3, 0.4) is 0 Å². The van der Waals surface area contributed by atoms with Crippen LogP contribution >= 0.6 is 0 Å². The number of rotatable bonds is 1. The summed E-state index contributed by atoms with van der Waals surface area (Å²) >= 11 is 0. The van der Waals surface area contributed by atoms with E-state index in [0.717, 1.165) is 0 Å². The summed E-state index contributed by atoms with van der Waals surface area (Å²) in [6.07, 6.45) is 9.09. The van der Waals surface area contributed by atoms with Crippen molar-refractivity contribution in [3.8, 4) is 0 Å². The zero-order valence-corrected chi connectivity index (χ0v) is 9.53. The van der Waals surface area contributed by atoms with Crippen LogP contribution in [0.25, 0.3) is 0 Å². The third-order valence-electron chi connectivity index (χ3n) is 2.46. The van der Waals surface area contributed by atoms with Crippen molar-refractivity contribution < 1.29 is 14.3 Å². The van der Waals surface area contributed by atoms with Crippen molar-refractivity contribution in [3.63, 3.8) is 0 Å².